The molecule has 1 aromatic heterocycles. The smallest absolute Gasteiger partial charge is 0.246 e. The monoisotopic (exact) mass is 354 g/mol. The van der Waals surface area contributed by atoms with Gasteiger partial charge >= 0.3 is 0 Å². The highest BCUT2D eigenvalue weighted by molar-refractivity contribution is 7.16. The fourth-order valence-electron chi connectivity index (χ4n) is 3.20. The number of amides is 1. The molecule has 0 radical (unpaired) electrons. The molecular weight excluding hydrogens is 328 g/mol. The summed E-state index contributed by atoms with van der Waals surface area (Å²) in [6.45, 7) is 6.67. The van der Waals surface area contributed by atoms with Gasteiger partial charge < -0.3 is 5.32 Å². The molecule has 4 heteroatoms. The van der Waals surface area contributed by atoms with Gasteiger partial charge in [-0.2, -0.15) is 0 Å². The van der Waals surface area contributed by atoms with Gasteiger partial charge in [0.1, 0.15) is 11.5 Å². The van der Waals surface area contributed by atoms with Crippen LogP contribution in [0.5, 0.6) is 0 Å². The third-order valence-electron chi connectivity index (χ3n) is 4.81. The second kappa shape index (κ2) is 7.96. The first-order valence-electron chi connectivity index (χ1n) is 9.14. The van der Waals surface area contributed by atoms with Crippen molar-refractivity contribution in [3.05, 3.63) is 51.4 Å². The van der Waals surface area contributed by atoms with Crippen LogP contribution in [0.3, 0.4) is 0 Å². The average Bonchev–Trinajstić information content (AvgIpc) is 2.91. The lowest BCUT2D eigenvalue weighted by atomic mass is 9.96. The van der Waals surface area contributed by atoms with Crippen LogP contribution in [0.15, 0.2) is 29.3 Å². The molecule has 1 aliphatic heterocycles. The van der Waals surface area contributed by atoms with Crippen molar-refractivity contribution >= 4 is 28.0 Å². The van der Waals surface area contributed by atoms with E-state index in [0.29, 0.717) is 0 Å². The van der Waals surface area contributed by atoms with Crippen LogP contribution in [-0.2, 0) is 11.2 Å². The van der Waals surface area contributed by atoms with E-state index in [1.54, 1.807) is 11.3 Å². The van der Waals surface area contributed by atoms with E-state index in [2.05, 4.69) is 55.3 Å². The summed E-state index contributed by atoms with van der Waals surface area (Å²) in [6.07, 6.45) is 6.09. The first kappa shape index (κ1) is 17.9. The third kappa shape index (κ3) is 4.01. The van der Waals surface area contributed by atoms with Crippen molar-refractivity contribution in [1.82, 2.24) is 0 Å². The van der Waals surface area contributed by atoms with Crippen LogP contribution in [0.25, 0.3) is 0 Å². The van der Waals surface area contributed by atoms with Crippen molar-refractivity contribution in [3.8, 4) is 0 Å². The number of nitrogens with zero attached hydrogens (tertiary/aromatic N) is 1. The minimum absolute atomic E-state index is 0.0269. The van der Waals surface area contributed by atoms with Crippen LogP contribution < -0.4 is 5.32 Å². The number of carbonyl (C=O) groups excluding carboxylic acids is 1. The summed E-state index contributed by atoms with van der Waals surface area (Å²) in [5, 5.41) is 3.99. The molecule has 0 saturated carbocycles. The van der Waals surface area contributed by atoms with Gasteiger partial charge in [0.15, 0.2) is 0 Å². The van der Waals surface area contributed by atoms with Crippen molar-refractivity contribution in [3.63, 3.8) is 0 Å². The lowest BCUT2D eigenvalue weighted by Gasteiger charge is -2.10. The van der Waals surface area contributed by atoms with E-state index in [4.69, 9.17) is 0 Å². The van der Waals surface area contributed by atoms with Gasteiger partial charge in [-0.05, 0) is 43.9 Å². The zero-order valence-electron chi connectivity index (χ0n) is 15.3. The Kier molecular flexibility index (Phi) is 5.69. The Morgan fingerprint density at radius 1 is 1.16 bits per heavy atom. The van der Waals surface area contributed by atoms with E-state index in [9.17, 15) is 4.79 Å². The molecule has 0 saturated heterocycles. The molecule has 1 amide bonds. The first-order chi connectivity index (χ1) is 12.1. The maximum atomic E-state index is 12.1. The van der Waals surface area contributed by atoms with Crippen LogP contribution in [0.1, 0.15) is 59.7 Å². The molecule has 25 heavy (non-hydrogen) atoms. The number of unbranched alkanes of at least 4 members (excludes halogenated alkanes) is 3. The number of anilines is 1. The molecule has 1 aromatic carbocycles. The predicted molar refractivity (Wildman–Crippen MR) is 107 cm³/mol. The zero-order chi connectivity index (χ0) is 17.8. The predicted octanol–water partition coefficient (Wildman–Crippen LogP) is 5.28. The topological polar surface area (TPSA) is 41.5 Å². The summed E-state index contributed by atoms with van der Waals surface area (Å²) in [4.78, 5) is 18.1. The number of hydrogen-bond acceptors (Lipinski definition) is 3. The lowest BCUT2D eigenvalue weighted by molar-refractivity contribution is -0.114. The lowest BCUT2D eigenvalue weighted by Crippen LogP contribution is -2.12. The minimum Gasteiger partial charge on any atom is -0.316 e. The largest absolute Gasteiger partial charge is 0.316 e. The van der Waals surface area contributed by atoms with Gasteiger partial charge in [-0.15, -0.1) is 11.3 Å². The van der Waals surface area contributed by atoms with Crippen molar-refractivity contribution in [2.24, 2.45) is 4.99 Å². The van der Waals surface area contributed by atoms with Gasteiger partial charge in [-0.1, -0.05) is 44.4 Å². The van der Waals surface area contributed by atoms with Crippen LogP contribution in [0.4, 0.5) is 5.00 Å². The van der Waals surface area contributed by atoms with Crippen LogP contribution >= 0.6 is 11.3 Å². The van der Waals surface area contributed by atoms with E-state index in [1.165, 1.54) is 41.7 Å². The van der Waals surface area contributed by atoms with Gasteiger partial charge in [0, 0.05) is 16.0 Å². The molecule has 0 aliphatic carbocycles. The molecule has 0 spiro atoms. The van der Waals surface area contributed by atoms with Crippen LogP contribution in [-0.4, -0.2) is 18.2 Å². The van der Waals surface area contributed by atoms with E-state index in [1.807, 2.05) is 0 Å². The molecule has 0 unspecified atom stereocenters. The average molecular weight is 355 g/mol. The number of thiophene rings is 1. The Balaban J connectivity index is 1.94. The molecule has 132 valence electrons. The Morgan fingerprint density at radius 3 is 2.80 bits per heavy atom. The Bertz CT molecular complexity index is 804. The van der Waals surface area contributed by atoms with Gasteiger partial charge in [0.2, 0.25) is 5.91 Å². The minimum atomic E-state index is -0.0269. The highest BCUT2D eigenvalue weighted by atomic mass is 32.1. The number of benzene rings is 1. The summed E-state index contributed by atoms with van der Waals surface area (Å²) >= 11 is 1.71. The fraction of sp³-hybridized carbons (Fsp3) is 0.429. The highest BCUT2D eigenvalue weighted by Crippen LogP contribution is 2.33. The molecular formula is C21H26N2OS. The van der Waals surface area contributed by atoms with Crippen molar-refractivity contribution in [1.29, 1.82) is 0 Å². The molecule has 3 rings (SSSR count). The molecule has 2 aromatic rings. The van der Waals surface area contributed by atoms with Crippen molar-refractivity contribution in [2.45, 2.75) is 52.9 Å². The van der Waals surface area contributed by atoms with E-state index < -0.39 is 0 Å². The van der Waals surface area contributed by atoms with E-state index >= 15 is 0 Å². The number of hydrogen-bond donors (Lipinski definition) is 1. The molecule has 0 fully saturated rings. The standard InChI is InChI=1S/C21H26N2OS/c1-4-5-6-7-10-16-12-18-20(17-11-8-9-14(2)15(17)3)22-13-19(24)23-21(18)25-16/h8-9,11-12H,4-7,10,13H2,1-3H3,(H,23,24). The molecule has 1 N–H and O–H groups in total. The first-order valence-corrected chi connectivity index (χ1v) is 9.95. The SMILES string of the molecule is CCCCCCc1cc2c(s1)NC(=O)CN=C2c1cccc(C)c1C. The van der Waals surface area contributed by atoms with Gasteiger partial charge in [0.25, 0.3) is 0 Å². The number of rotatable bonds is 6. The maximum Gasteiger partial charge on any atom is 0.246 e. The Morgan fingerprint density at radius 2 is 2.00 bits per heavy atom. The second-order valence-electron chi connectivity index (χ2n) is 6.73. The molecule has 0 atom stereocenters. The van der Waals surface area contributed by atoms with Crippen molar-refractivity contribution in [2.75, 3.05) is 11.9 Å². The molecule has 3 nitrogen and oxygen atoms in total. The highest BCUT2D eigenvalue weighted by Gasteiger charge is 2.22. The van der Waals surface area contributed by atoms with E-state index in [-0.39, 0.29) is 12.5 Å². The van der Waals surface area contributed by atoms with Crippen molar-refractivity contribution < 1.29 is 4.79 Å². The number of carbonyl (C=O) groups is 1. The molecule has 1 aliphatic rings. The van der Waals surface area contributed by atoms with Gasteiger partial charge in [-0.25, -0.2) is 0 Å². The van der Waals surface area contributed by atoms with E-state index in [0.717, 1.165) is 28.3 Å². The number of nitrogens with one attached hydrogen (secondary N) is 1. The molecule has 0 bridgehead atoms. The number of aryl methyl sites for hydroxylation is 2. The summed E-state index contributed by atoms with van der Waals surface area (Å²) in [6, 6.07) is 8.53. The Labute approximate surface area is 154 Å². The summed E-state index contributed by atoms with van der Waals surface area (Å²) in [5.41, 5.74) is 5.64. The summed E-state index contributed by atoms with van der Waals surface area (Å²) in [5.74, 6) is -0.0269. The third-order valence-corrected chi connectivity index (χ3v) is 5.92. The quantitative estimate of drug-likeness (QED) is 0.705. The van der Waals surface area contributed by atoms with Crippen LogP contribution in [0, 0.1) is 13.8 Å². The maximum absolute atomic E-state index is 12.1. The summed E-state index contributed by atoms with van der Waals surface area (Å²) in [7, 11) is 0. The number of fused-ring (bicyclic) bond motifs is 1. The van der Waals surface area contributed by atoms with Crippen LogP contribution in [0.2, 0.25) is 0 Å². The van der Waals surface area contributed by atoms with Gasteiger partial charge in [-0.3, -0.25) is 9.79 Å². The Hall–Kier alpha value is -1.94. The number of aliphatic imine (C=N–C) groups is 1. The van der Waals surface area contributed by atoms with Gasteiger partial charge in [0.05, 0.1) is 5.71 Å². The fourth-order valence-corrected chi connectivity index (χ4v) is 4.32. The second-order valence-corrected chi connectivity index (χ2v) is 7.86. The zero-order valence-corrected chi connectivity index (χ0v) is 16.1. The molecule has 2 heterocycles. The summed E-state index contributed by atoms with van der Waals surface area (Å²) < 4.78 is 0. The normalized spacial score (nSPS) is 13.9.